The minimum absolute atomic E-state index is 0.218. The molecule has 1 N–H and O–H groups in total. The van der Waals surface area contributed by atoms with E-state index in [0.717, 1.165) is 22.3 Å². The van der Waals surface area contributed by atoms with Gasteiger partial charge in [0.05, 0.1) is 0 Å². The van der Waals surface area contributed by atoms with E-state index >= 15 is 0 Å². The van der Waals surface area contributed by atoms with Crippen molar-refractivity contribution in [2.75, 3.05) is 13.2 Å². The van der Waals surface area contributed by atoms with E-state index in [4.69, 9.17) is 4.74 Å². The molecule has 22 heavy (non-hydrogen) atoms. The maximum Gasteiger partial charge on any atom is 0.233 e. The Hall–Kier alpha value is -2.11. The van der Waals surface area contributed by atoms with E-state index in [1.54, 1.807) is 6.08 Å². The molecule has 0 aliphatic heterocycles. The number of sulfonamides is 1. The summed E-state index contributed by atoms with van der Waals surface area (Å²) in [5.41, 5.74) is 1.86. The minimum atomic E-state index is -3.45. The van der Waals surface area contributed by atoms with Crippen molar-refractivity contribution in [2.45, 2.75) is 6.92 Å². The van der Waals surface area contributed by atoms with Crippen LogP contribution in [0.5, 0.6) is 5.75 Å². The zero-order chi connectivity index (χ0) is 15.8. The predicted octanol–water partition coefficient (Wildman–Crippen LogP) is 2.96. The number of benzene rings is 2. The normalized spacial score (nSPS) is 11.7. The summed E-state index contributed by atoms with van der Waals surface area (Å²) in [5, 5.41) is 1.16. The van der Waals surface area contributed by atoms with Gasteiger partial charge in [0.2, 0.25) is 10.0 Å². The van der Waals surface area contributed by atoms with Crippen molar-refractivity contribution in [1.82, 2.24) is 4.72 Å². The van der Waals surface area contributed by atoms with Gasteiger partial charge in [-0.05, 0) is 30.2 Å². The van der Waals surface area contributed by atoms with E-state index in [2.05, 4.69) is 4.72 Å². The van der Waals surface area contributed by atoms with Crippen LogP contribution in [0.2, 0.25) is 0 Å². The van der Waals surface area contributed by atoms with Crippen LogP contribution >= 0.6 is 0 Å². The molecule has 0 heterocycles. The van der Waals surface area contributed by atoms with Crippen LogP contribution in [0, 0.1) is 6.92 Å². The van der Waals surface area contributed by atoms with Crippen LogP contribution in [0.15, 0.2) is 60.0 Å². The summed E-state index contributed by atoms with van der Waals surface area (Å²) in [6.07, 6.45) is 1.56. The van der Waals surface area contributed by atoms with Crippen LogP contribution in [0.4, 0.5) is 0 Å². The minimum Gasteiger partial charge on any atom is -0.492 e. The molecule has 2 aromatic rings. The number of aryl methyl sites for hydroxylation is 1. The summed E-state index contributed by atoms with van der Waals surface area (Å²) < 4.78 is 31.7. The average Bonchev–Trinajstić information content (AvgIpc) is 2.52. The molecule has 0 fully saturated rings. The maximum absolute atomic E-state index is 11.8. The number of nitrogens with one attached hydrogen (secondary N) is 1. The quantitative estimate of drug-likeness (QED) is 0.799. The van der Waals surface area contributed by atoms with Gasteiger partial charge in [-0.25, -0.2) is 13.1 Å². The highest BCUT2D eigenvalue weighted by molar-refractivity contribution is 7.92. The second kappa shape index (κ2) is 7.77. The van der Waals surface area contributed by atoms with E-state index in [-0.39, 0.29) is 13.2 Å². The molecule has 4 nitrogen and oxygen atoms in total. The molecule has 0 bridgehead atoms. The highest BCUT2D eigenvalue weighted by Gasteiger charge is 2.04. The first kappa shape index (κ1) is 16.3. The molecule has 0 aromatic heterocycles. The van der Waals surface area contributed by atoms with E-state index in [9.17, 15) is 8.42 Å². The summed E-state index contributed by atoms with van der Waals surface area (Å²) in [5.74, 6) is 0.765. The van der Waals surface area contributed by atoms with Crippen molar-refractivity contribution < 1.29 is 13.2 Å². The fourth-order valence-electron chi connectivity index (χ4n) is 1.84. The van der Waals surface area contributed by atoms with Crippen LogP contribution in [0.3, 0.4) is 0 Å². The molecule has 0 aliphatic carbocycles. The molecular formula is C17H19NO3S. The zero-order valence-corrected chi connectivity index (χ0v) is 13.2. The van der Waals surface area contributed by atoms with Crippen molar-refractivity contribution in [3.63, 3.8) is 0 Å². The Labute approximate surface area is 131 Å². The van der Waals surface area contributed by atoms with Gasteiger partial charge in [-0.2, -0.15) is 0 Å². The fraction of sp³-hybridized carbons (Fsp3) is 0.176. The Morgan fingerprint density at radius 3 is 2.45 bits per heavy atom. The number of hydrogen-bond acceptors (Lipinski definition) is 3. The Balaban J connectivity index is 1.81. The summed E-state index contributed by atoms with van der Waals surface area (Å²) in [4.78, 5) is 0. The first-order chi connectivity index (χ1) is 10.6. The maximum atomic E-state index is 11.8. The number of rotatable bonds is 7. The Kier molecular flexibility index (Phi) is 5.75. The topological polar surface area (TPSA) is 55.4 Å². The van der Waals surface area contributed by atoms with Crippen molar-refractivity contribution in [3.8, 4) is 5.75 Å². The van der Waals surface area contributed by atoms with Gasteiger partial charge >= 0.3 is 0 Å². The summed E-state index contributed by atoms with van der Waals surface area (Å²) in [7, 11) is -3.45. The standard InChI is InChI=1S/C17H19NO3S/c1-15-7-5-6-10-17(15)21-13-12-18-22(19,20)14-11-16-8-3-2-4-9-16/h2-11,14,18H,12-13H2,1H3/b14-11+. The first-order valence-electron chi connectivity index (χ1n) is 6.98. The number of hydrogen-bond donors (Lipinski definition) is 1. The summed E-state index contributed by atoms with van der Waals surface area (Å²) in [6, 6.07) is 16.9. The van der Waals surface area contributed by atoms with Gasteiger partial charge in [0.1, 0.15) is 12.4 Å². The largest absolute Gasteiger partial charge is 0.492 e. The van der Waals surface area contributed by atoms with Crippen molar-refractivity contribution in [2.24, 2.45) is 0 Å². The Bertz CT molecular complexity index is 725. The smallest absolute Gasteiger partial charge is 0.233 e. The van der Waals surface area contributed by atoms with Crippen molar-refractivity contribution in [3.05, 3.63) is 71.1 Å². The van der Waals surface area contributed by atoms with Crippen molar-refractivity contribution in [1.29, 1.82) is 0 Å². The van der Waals surface area contributed by atoms with Crippen LogP contribution in [-0.2, 0) is 10.0 Å². The lowest BCUT2D eigenvalue weighted by Gasteiger charge is -2.08. The van der Waals surface area contributed by atoms with Crippen molar-refractivity contribution >= 4 is 16.1 Å². The molecular weight excluding hydrogens is 298 g/mol. The Morgan fingerprint density at radius 1 is 1.05 bits per heavy atom. The third kappa shape index (κ3) is 5.35. The monoisotopic (exact) mass is 317 g/mol. The summed E-state index contributed by atoms with van der Waals surface area (Å²) in [6.45, 7) is 2.45. The molecule has 0 spiro atoms. The lowest BCUT2D eigenvalue weighted by Crippen LogP contribution is -2.26. The first-order valence-corrected chi connectivity index (χ1v) is 8.53. The van der Waals surface area contributed by atoms with E-state index in [1.807, 2.05) is 61.5 Å². The highest BCUT2D eigenvalue weighted by Crippen LogP contribution is 2.15. The second-order valence-corrected chi connectivity index (χ2v) is 6.42. The van der Waals surface area contributed by atoms with Crippen LogP contribution in [0.1, 0.15) is 11.1 Å². The van der Waals surface area contributed by atoms with Gasteiger partial charge in [0.25, 0.3) is 0 Å². The van der Waals surface area contributed by atoms with Gasteiger partial charge in [-0.3, -0.25) is 0 Å². The van der Waals surface area contributed by atoms with Gasteiger partial charge in [-0.1, -0.05) is 48.5 Å². The molecule has 0 amide bonds. The summed E-state index contributed by atoms with van der Waals surface area (Å²) >= 11 is 0. The molecule has 0 saturated carbocycles. The van der Waals surface area contributed by atoms with Crippen LogP contribution < -0.4 is 9.46 Å². The lowest BCUT2D eigenvalue weighted by atomic mass is 10.2. The number of para-hydroxylation sites is 1. The SMILES string of the molecule is Cc1ccccc1OCCNS(=O)(=O)/C=C/c1ccccc1. The van der Waals surface area contributed by atoms with Crippen LogP contribution in [-0.4, -0.2) is 21.6 Å². The molecule has 5 heteroatoms. The van der Waals surface area contributed by atoms with Gasteiger partial charge in [-0.15, -0.1) is 0 Å². The molecule has 0 saturated heterocycles. The lowest BCUT2D eigenvalue weighted by molar-refractivity contribution is 0.321. The molecule has 116 valence electrons. The molecule has 0 atom stereocenters. The average molecular weight is 317 g/mol. The second-order valence-electron chi connectivity index (χ2n) is 4.77. The van der Waals surface area contributed by atoms with Gasteiger partial charge < -0.3 is 4.74 Å². The number of ether oxygens (including phenoxy) is 1. The predicted molar refractivity (Wildman–Crippen MR) is 89.1 cm³/mol. The third-order valence-corrected chi connectivity index (χ3v) is 4.10. The molecule has 0 aliphatic rings. The van der Waals surface area contributed by atoms with E-state index in [1.165, 1.54) is 0 Å². The molecule has 0 radical (unpaired) electrons. The van der Waals surface area contributed by atoms with Gasteiger partial charge in [0, 0.05) is 12.0 Å². The molecule has 2 rings (SSSR count). The zero-order valence-electron chi connectivity index (χ0n) is 12.4. The fourth-order valence-corrected chi connectivity index (χ4v) is 2.64. The third-order valence-electron chi connectivity index (χ3n) is 3.00. The van der Waals surface area contributed by atoms with Crippen LogP contribution in [0.25, 0.3) is 6.08 Å². The van der Waals surface area contributed by atoms with E-state index < -0.39 is 10.0 Å². The Morgan fingerprint density at radius 2 is 1.73 bits per heavy atom. The molecule has 0 unspecified atom stereocenters. The van der Waals surface area contributed by atoms with Gasteiger partial charge in [0.15, 0.2) is 0 Å². The van der Waals surface area contributed by atoms with E-state index in [0.29, 0.717) is 0 Å². The highest BCUT2D eigenvalue weighted by atomic mass is 32.2. The molecule has 2 aromatic carbocycles.